The van der Waals surface area contributed by atoms with Crippen LogP contribution in [0.5, 0.6) is 5.75 Å². The van der Waals surface area contributed by atoms with E-state index in [-0.39, 0.29) is 6.17 Å². The Balaban J connectivity index is 2.47. The predicted octanol–water partition coefficient (Wildman–Crippen LogP) is 2.07. The maximum Gasteiger partial charge on any atom is 0.413 e. The Labute approximate surface area is 96.2 Å². The number of carbonyl (C=O) groups is 1. The summed E-state index contributed by atoms with van der Waals surface area (Å²) in [6.45, 7) is 2.01. The van der Waals surface area contributed by atoms with E-state index < -0.39 is 6.09 Å². The zero-order chi connectivity index (χ0) is 12.0. The van der Waals surface area contributed by atoms with E-state index in [0.29, 0.717) is 5.75 Å². The van der Waals surface area contributed by atoms with Crippen LogP contribution in [0.25, 0.3) is 0 Å². The van der Waals surface area contributed by atoms with Gasteiger partial charge in [-0.05, 0) is 32.6 Å². The maximum absolute atomic E-state index is 11.5. The van der Waals surface area contributed by atoms with Crippen molar-refractivity contribution in [3.8, 4) is 5.75 Å². The SMILES string of the molecule is CCC(NC(=O)Oc1ccccc1)N(C)C. The Kier molecular flexibility index (Phi) is 4.79. The Bertz CT molecular complexity index is 325. The van der Waals surface area contributed by atoms with Crippen molar-refractivity contribution in [1.82, 2.24) is 10.2 Å². The monoisotopic (exact) mass is 222 g/mol. The molecule has 1 rings (SSSR count). The Morgan fingerprint density at radius 3 is 2.50 bits per heavy atom. The molecular formula is C12H18N2O2. The number of carbonyl (C=O) groups excluding carboxylic acids is 1. The van der Waals surface area contributed by atoms with Gasteiger partial charge in [0.25, 0.3) is 0 Å². The third-order valence-corrected chi connectivity index (χ3v) is 2.25. The van der Waals surface area contributed by atoms with Crippen molar-refractivity contribution in [2.45, 2.75) is 19.5 Å². The third-order valence-electron chi connectivity index (χ3n) is 2.25. The molecule has 16 heavy (non-hydrogen) atoms. The highest BCUT2D eigenvalue weighted by Crippen LogP contribution is 2.08. The number of amides is 1. The summed E-state index contributed by atoms with van der Waals surface area (Å²) >= 11 is 0. The van der Waals surface area contributed by atoms with E-state index in [2.05, 4.69) is 5.32 Å². The minimum absolute atomic E-state index is 0.00351. The summed E-state index contributed by atoms with van der Waals surface area (Å²) in [5, 5.41) is 2.78. The van der Waals surface area contributed by atoms with E-state index in [4.69, 9.17) is 4.74 Å². The van der Waals surface area contributed by atoms with Crippen LogP contribution in [0.3, 0.4) is 0 Å². The minimum Gasteiger partial charge on any atom is -0.410 e. The van der Waals surface area contributed by atoms with Gasteiger partial charge in [-0.25, -0.2) is 4.79 Å². The van der Waals surface area contributed by atoms with Crippen LogP contribution in [0.15, 0.2) is 30.3 Å². The zero-order valence-electron chi connectivity index (χ0n) is 9.93. The summed E-state index contributed by atoms with van der Waals surface area (Å²) in [7, 11) is 3.83. The number of nitrogens with one attached hydrogen (secondary N) is 1. The smallest absolute Gasteiger partial charge is 0.410 e. The molecule has 4 heteroatoms. The van der Waals surface area contributed by atoms with Crippen LogP contribution < -0.4 is 10.1 Å². The van der Waals surface area contributed by atoms with Crippen molar-refractivity contribution >= 4 is 6.09 Å². The highest BCUT2D eigenvalue weighted by molar-refractivity contribution is 5.70. The van der Waals surface area contributed by atoms with E-state index in [9.17, 15) is 4.79 Å². The van der Waals surface area contributed by atoms with E-state index >= 15 is 0 Å². The van der Waals surface area contributed by atoms with Crippen LogP contribution in [0.2, 0.25) is 0 Å². The first-order valence-electron chi connectivity index (χ1n) is 5.33. The van der Waals surface area contributed by atoms with E-state index in [1.54, 1.807) is 12.1 Å². The maximum atomic E-state index is 11.5. The van der Waals surface area contributed by atoms with Crippen molar-refractivity contribution < 1.29 is 9.53 Å². The van der Waals surface area contributed by atoms with Gasteiger partial charge in [0.05, 0.1) is 6.17 Å². The van der Waals surface area contributed by atoms with Crippen LogP contribution in [0.4, 0.5) is 4.79 Å². The number of para-hydroxylation sites is 1. The molecule has 0 spiro atoms. The summed E-state index contributed by atoms with van der Waals surface area (Å²) in [6.07, 6.45) is 0.402. The molecule has 0 aliphatic rings. The number of rotatable bonds is 4. The van der Waals surface area contributed by atoms with E-state index in [1.165, 1.54) is 0 Å². The molecule has 0 saturated heterocycles. The second-order valence-corrected chi connectivity index (χ2v) is 3.73. The lowest BCUT2D eigenvalue weighted by Gasteiger charge is -2.23. The molecule has 0 fully saturated rings. The molecule has 0 aliphatic heterocycles. The van der Waals surface area contributed by atoms with Gasteiger partial charge < -0.3 is 10.1 Å². The first-order chi connectivity index (χ1) is 7.63. The average molecular weight is 222 g/mol. The first-order valence-corrected chi connectivity index (χ1v) is 5.33. The molecule has 1 amide bonds. The number of hydrogen-bond donors (Lipinski definition) is 1. The van der Waals surface area contributed by atoms with Gasteiger partial charge >= 0.3 is 6.09 Å². The van der Waals surface area contributed by atoms with Gasteiger partial charge in [-0.15, -0.1) is 0 Å². The number of benzene rings is 1. The lowest BCUT2D eigenvalue weighted by atomic mass is 10.3. The van der Waals surface area contributed by atoms with E-state index in [1.807, 2.05) is 44.1 Å². The fourth-order valence-corrected chi connectivity index (χ4v) is 1.36. The van der Waals surface area contributed by atoms with Gasteiger partial charge in [0.15, 0.2) is 0 Å². The average Bonchev–Trinajstić information content (AvgIpc) is 2.27. The highest BCUT2D eigenvalue weighted by atomic mass is 16.6. The normalized spacial score (nSPS) is 12.2. The Hall–Kier alpha value is -1.55. The molecule has 1 aromatic carbocycles. The molecule has 0 bridgehead atoms. The quantitative estimate of drug-likeness (QED) is 0.793. The molecule has 0 aliphatic carbocycles. The molecule has 0 aromatic heterocycles. The second-order valence-electron chi connectivity index (χ2n) is 3.73. The number of nitrogens with zero attached hydrogens (tertiary/aromatic N) is 1. The zero-order valence-corrected chi connectivity index (χ0v) is 9.93. The van der Waals surface area contributed by atoms with Gasteiger partial charge in [-0.3, -0.25) is 4.90 Å². The molecule has 1 atom stereocenters. The summed E-state index contributed by atoms with van der Waals surface area (Å²) in [6, 6.07) is 9.02. The van der Waals surface area contributed by atoms with Crippen molar-refractivity contribution in [3.63, 3.8) is 0 Å². The Morgan fingerprint density at radius 1 is 1.38 bits per heavy atom. The second kappa shape index (κ2) is 6.12. The molecule has 4 nitrogen and oxygen atoms in total. The van der Waals surface area contributed by atoms with Gasteiger partial charge in [0.1, 0.15) is 5.75 Å². The fraction of sp³-hybridized carbons (Fsp3) is 0.417. The summed E-state index contributed by atoms with van der Waals surface area (Å²) in [4.78, 5) is 13.5. The minimum atomic E-state index is -0.424. The summed E-state index contributed by atoms with van der Waals surface area (Å²) in [5.41, 5.74) is 0. The van der Waals surface area contributed by atoms with Crippen molar-refractivity contribution in [2.24, 2.45) is 0 Å². The van der Waals surface area contributed by atoms with Crippen LogP contribution in [0, 0.1) is 0 Å². The number of ether oxygens (including phenoxy) is 1. The molecule has 0 radical (unpaired) electrons. The standard InChI is InChI=1S/C12H18N2O2/c1-4-11(14(2)3)13-12(15)16-10-8-6-5-7-9-10/h5-9,11H,4H2,1-3H3,(H,13,15). The van der Waals surface area contributed by atoms with Crippen molar-refractivity contribution in [1.29, 1.82) is 0 Å². The van der Waals surface area contributed by atoms with Gasteiger partial charge in [-0.2, -0.15) is 0 Å². The predicted molar refractivity (Wildman–Crippen MR) is 63.4 cm³/mol. The van der Waals surface area contributed by atoms with Gasteiger partial charge in [-0.1, -0.05) is 25.1 Å². The van der Waals surface area contributed by atoms with Crippen molar-refractivity contribution in [3.05, 3.63) is 30.3 Å². The van der Waals surface area contributed by atoms with Crippen LogP contribution >= 0.6 is 0 Å². The molecular weight excluding hydrogens is 204 g/mol. The van der Waals surface area contributed by atoms with Crippen LogP contribution in [-0.4, -0.2) is 31.3 Å². The summed E-state index contributed by atoms with van der Waals surface area (Å²) in [5.74, 6) is 0.550. The fourth-order valence-electron chi connectivity index (χ4n) is 1.36. The Morgan fingerprint density at radius 2 is 2.00 bits per heavy atom. The molecule has 0 heterocycles. The lowest BCUT2D eigenvalue weighted by Crippen LogP contribution is -2.45. The molecule has 0 saturated carbocycles. The third kappa shape index (κ3) is 3.90. The van der Waals surface area contributed by atoms with Crippen LogP contribution in [0.1, 0.15) is 13.3 Å². The lowest BCUT2D eigenvalue weighted by molar-refractivity contribution is 0.173. The summed E-state index contributed by atoms with van der Waals surface area (Å²) < 4.78 is 5.12. The molecule has 1 N–H and O–H groups in total. The van der Waals surface area contributed by atoms with Crippen LogP contribution in [-0.2, 0) is 0 Å². The molecule has 1 unspecified atom stereocenters. The number of hydrogen-bond acceptors (Lipinski definition) is 3. The topological polar surface area (TPSA) is 41.6 Å². The molecule has 1 aromatic rings. The molecule has 88 valence electrons. The highest BCUT2D eigenvalue weighted by Gasteiger charge is 2.13. The van der Waals surface area contributed by atoms with E-state index in [0.717, 1.165) is 6.42 Å². The largest absolute Gasteiger partial charge is 0.413 e. The first kappa shape index (κ1) is 12.5. The van der Waals surface area contributed by atoms with Gasteiger partial charge in [0, 0.05) is 0 Å². The van der Waals surface area contributed by atoms with Crippen molar-refractivity contribution in [2.75, 3.05) is 14.1 Å². The van der Waals surface area contributed by atoms with Gasteiger partial charge in [0.2, 0.25) is 0 Å².